The SMILES string of the molecule is CC(NC(=O)c1ccc(F)cc1)(C(=O)O)C1CC1. The number of carboxylic acids is 1. The second-order valence-corrected chi connectivity index (χ2v) is 4.74. The van der Waals surface area contributed by atoms with Gasteiger partial charge < -0.3 is 10.4 Å². The van der Waals surface area contributed by atoms with Crippen LogP contribution in [0.3, 0.4) is 0 Å². The molecule has 0 spiro atoms. The fraction of sp³-hybridized carbons (Fsp3) is 0.385. The normalized spacial score (nSPS) is 17.9. The summed E-state index contributed by atoms with van der Waals surface area (Å²) >= 11 is 0. The van der Waals surface area contributed by atoms with E-state index in [1.165, 1.54) is 31.2 Å². The third-order valence-corrected chi connectivity index (χ3v) is 3.32. The summed E-state index contributed by atoms with van der Waals surface area (Å²) in [7, 11) is 0. The maximum absolute atomic E-state index is 12.7. The van der Waals surface area contributed by atoms with Crippen LogP contribution >= 0.6 is 0 Å². The summed E-state index contributed by atoms with van der Waals surface area (Å²) in [4.78, 5) is 23.2. The highest BCUT2D eigenvalue weighted by Gasteiger charge is 2.48. The molecule has 1 unspecified atom stereocenters. The first-order valence-corrected chi connectivity index (χ1v) is 5.75. The molecule has 1 amide bonds. The van der Waals surface area contributed by atoms with Crippen molar-refractivity contribution in [3.63, 3.8) is 0 Å². The molecule has 0 radical (unpaired) electrons. The number of hydrogen-bond acceptors (Lipinski definition) is 2. The molecule has 2 rings (SSSR count). The van der Waals surface area contributed by atoms with E-state index in [-0.39, 0.29) is 11.5 Å². The molecule has 0 bridgehead atoms. The first-order chi connectivity index (χ1) is 8.43. The molecule has 1 fully saturated rings. The lowest BCUT2D eigenvalue weighted by atomic mass is 9.95. The Morgan fingerprint density at radius 3 is 2.33 bits per heavy atom. The first kappa shape index (κ1) is 12.5. The summed E-state index contributed by atoms with van der Waals surface area (Å²) in [6.07, 6.45) is 1.60. The highest BCUT2D eigenvalue weighted by molar-refractivity contribution is 5.97. The summed E-state index contributed by atoms with van der Waals surface area (Å²) < 4.78 is 12.7. The first-order valence-electron chi connectivity index (χ1n) is 5.75. The molecule has 18 heavy (non-hydrogen) atoms. The van der Waals surface area contributed by atoms with E-state index in [1.807, 2.05) is 0 Å². The standard InChI is InChI=1S/C13H14FNO3/c1-13(12(17)18,9-4-5-9)15-11(16)8-2-6-10(14)7-3-8/h2-3,6-7,9H,4-5H2,1H3,(H,15,16)(H,17,18). The number of aliphatic carboxylic acids is 1. The van der Waals surface area contributed by atoms with Crippen molar-refractivity contribution in [2.75, 3.05) is 0 Å². The van der Waals surface area contributed by atoms with E-state index >= 15 is 0 Å². The molecule has 0 saturated heterocycles. The fourth-order valence-electron chi connectivity index (χ4n) is 1.90. The molecule has 1 aromatic rings. The highest BCUT2D eigenvalue weighted by Crippen LogP contribution is 2.39. The molecule has 5 heteroatoms. The quantitative estimate of drug-likeness (QED) is 0.857. The van der Waals surface area contributed by atoms with Crippen LogP contribution < -0.4 is 5.32 Å². The number of benzene rings is 1. The maximum Gasteiger partial charge on any atom is 0.329 e. The Morgan fingerprint density at radius 1 is 1.33 bits per heavy atom. The number of amides is 1. The Labute approximate surface area is 104 Å². The lowest BCUT2D eigenvalue weighted by Crippen LogP contribution is -2.54. The topological polar surface area (TPSA) is 66.4 Å². The molecule has 1 saturated carbocycles. The van der Waals surface area contributed by atoms with Crippen molar-refractivity contribution in [1.82, 2.24) is 5.32 Å². The summed E-state index contributed by atoms with van der Waals surface area (Å²) in [5.74, 6) is -2.00. The smallest absolute Gasteiger partial charge is 0.329 e. The van der Waals surface area contributed by atoms with E-state index in [1.54, 1.807) is 0 Å². The van der Waals surface area contributed by atoms with E-state index in [9.17, 15) is 19.1 Å². The molecule has 0 heterocycles. The van der Waals surface area contributed by atoms with Gasteiger partial charge in [-0.1, -0.05) is 0 Å². The van der Waals surface area contributed by atoms with E-state index in [4.69, 9.17) is 0 Å². The van der Waals surface area contributed by atoms with Gasteiger partial charge in [0.15, 0.2) is 0 Å². The lowest BCUT2D eigenvalue weighted by molar-refractivity contribution is -0.144. The molecule has 0 aromatic heterocycles. The number of carbonyl (C=O) groups is 2. The van der Waals surface area contributed by atoms with Crippen molar-refractivity contribution in [2.45, 2.75) is 25.3 Å². The molecule has 0 aliphatic heterocycles. The van der Waals surface area contributed by atoms with Crippen molar-refractivity contribution in [3.8, 4) is 0 Å². The van der Waals surface area contributed by atoms with Crippen LogP contribution in [0.5, 0.6) is 0 Å². The second-order valence-electron chi connectivity index (χ2n) is 4.74. The van der Waals surface area contributed by atoms with Crippen LogP contribution in [-0.2, 0) is 4.79 Å². The molecular formula is C13H14FNO3. The van der Waals surface area contributed by atoms with Crippen molar-refractivity contribution in [2.24, 2.45) is 5.92 Å². The van der Waals surface area contributed by atoms with E-state index < -0.39 is 23.2 Å². The zero-order valence-corrected chi connectivity index (χ0v) is 9.94. The van der Waals surface area contributed by atoms with Crippen molar-refractivity contribution < 1.29 is 19.1 Å². The monoisotopic (exact) mass is 251 g/mol. The van der Waals surface area contributed by atoms with Crippen molar-refractivity contribution in [1.29, 1.82) is 0 Å². The van der Waals surface area contributed by atoms with Crippen LogP contribution in [0.15, 0.2) is 24.3 Å². The van der Waals surface area contributed by atoms with Gasteiger partial charge in [0, 0.05) is 5.56 Å². The van der Waals surface area contributed by atoms with Crippen LogP contribution in [0.25, 0.3) is 0 Å². The van der Waals surface area contributed by atoms with Gasteiger partial charge in [-0.25, -0.2) is 9.18 Å². The zero-order chi connectivity index (χ0) is 13.3. The van der Waals surface area contributed by atoms with Crippen LogP contribution in [0, 0.1) is 11.7 Å². The largest absolute Gasteiger partial charge is 0.480 e. The highest BCUT2D eigenvalue weighted by atomic mass is 19.1. The third-order valence-electron chi connectivity index (χ3n) is 3.32. The van der Waals surface area contributed by atoms with Gasteiger partial charge in [-0.2, -0.15) is 0 Å². The van der Waals surface area contributed by atoms with Crippen LogP contribution in [0.2, 0.25) is 0 Å². The van der Waals surface area contributed by atoms with Gasteiger partial charge in [0.1, 0.15) is 11.4 Å². The molecule has 2 N–H and O–H groups in total. The minimum atomic E-state index is -1.24. The molecule has 1 aromatic carbocycles. The predicted octanol–water partition coefficient (Wildman–Crippen LogP) is 1.81. The Hall–Kier alpha value is -1.91. The maximum atomic E-state index is 12.7. The van der Waals surface area contributed by atoms with Crippen LogP contribution in [0.1, 0.15) is 30.1 Å². The molecule has 1 aliphatic carbocycles. The summed E-state index contributed by atoms with van der Waals surface area (Å²) in [5, 5.41) is 11.7. The number of hydrogen-bond donors (Lipinski definition) is 2. The third kappa shape index (κ3) is 2.34. The molecule has 1 atom stereocenters. The Morgan fingerprint density at radius 2 is 1.89 bits per heavy atom. The number of halogens is 1. The van der Waals surface area contributed by atoms with Gasteiger partial charge in [-0.15, -0.1) is 0 Å². The average Bonchev–Trinajstić information content (AvgIpc) is 3.13. The predicted molar refractivity (Wildman–Crippen MR) is 62.6 cm³/mol. The number of carbonyl (C=O) groups excluding carboxylic acids is 1. The zero-order valence-electron chi connectivity index (χ0n) is 9.94. The minimum absolute atomic E-state index is 0.0283. The summed E-state index contributed by atoms with van der Waals surface area (Å²) in [6, 6.07) is 5.01. The Bertz CT molecular complexity index is 482. The number of carboxylic acid groups (broad SMARTS) is 1. The molecule has 96 valence electrons. The van der Waals surface area contributed by atoms with Crippen LogP contribution in [-0.4, -0.2) is 22.5 Å². The van der Waals surface area contributed by atoms with Gasteiger partial charge >= 0.3 is 5.97 Å². The van der Waals surface area contributed by atoms with E-state index in [0.29, 0.717) is 0 Å². The van der Waals surface area contributed by atoms with E-state index in [0.717, 1.165) is 12.8 Å². The second kappa shape index (κ2) is 4.40. The van der Waals surface area contributed by atoms with Crippen LogP contribution in [0.4, 0.5) is 4.39 Å². The van der Waals surface area contributed by atoms with Gasteiger partial charge in [-0.05, 0) is 49.9 Å². The van der Waals surface area contributed by atoms with Crippen molar-refractivity contribution >= 4 is 11.9 Å². The minimum Gasteiger partial charge on any atom is -0.480 e. The summed E-state index contributed by atoms with van der Waals surface area (Å²) in [5.41, 5.74) is -0.990. The van der Waals surface area contributed by atoms with Crippen molar-refractivity contribution in [3.05, 3.63) is 35.6 Å². The molecule has 4 nitrogen and oxygen atoms in total. The Kier molecular flexibility index (Phi) is 3.07. The number of rotatable bonds is 4. The molecular weight excluding hydrogens is 237 g/mol. The van der Waals surface area contributed by atoms with Gasteiger partial charge in [0.25, 0.3) is 5.91 Å². The number of nitrogens with one attached hydrogen (secondary N) is 1. The van der Waals surface area contributed by atoms with Gasteiger partial charge in [0.05, 0.1) is 0 Å². The fourth-order valence-corrected chi connectivity index (χ4v) is 1.90. The van der Waals surface area contributed by atoms with E-state index in [2.05, 4.69) is 5.32 Å². The average molecular weight is 251 g/mol. The van der Waals surface area contributed by atoms with Gasteiger partial charge in [-0.3, -0.25) is 4.79 Å². The Balaban J connectivity index is 2.15. The molecule has 1 aliphatic rings. The van der Waals surface area contributed by atoms with Gasteiger partial charge in [0.2, 0.25) is 0 Å². The summed E-state index contributed by atoms with van der Waals surface area (Å²) in [6.45, 7) is 1.51. The lowest BCUT2D eigenvalue weighted by Gasteiger charge is -2.26.